The summed E-state index contributed by atoms with van der Waals surface area (Å²) in [6.07, 6.45) is -0.128. The van der Waals surface area contributed by atoms with Gasteiger partial charge in [-0.2, -0.15) is 0 Å². The first kappa shape index (κ1) is 17.6. The lowest BCUT2D eigenvalue weighted by Crippen LogP contribution is -2.41. The number of carboxylic acid groups (broad SMARTS) is 1. The number of methoxy groups -OCH3 is 1. The predicted molar refractivity (Wildman–Crippen MR) is 82.0 cm³/mol. The summed E-state index contributed by atoms with van der Waals surface area (Å²) < 4.78 is 5.76. The van der Waals surface area contributed by atoms with Crippen LogP contribution in [0.2, 0.25) is 0 Å². The zero-order valence-electron chi connectivity index (χ0n) is 11.1. The summed E-state index contributed by atoms with van der Waals surface area (Å²) in [6, 6.07) is 3.75. The first-order valence-corrected chi connectivity index (χ1v) is 7.49. The Labute approximate surface area is 138 Å². The maximum absolute atomic E-state index is 12.1. The van der Waals surface area contributed by atoms with E-state index in [4.69, 9.17) is 5.11 Å². The monoisotopic (exact) mass is 421 g/mol. The van der Waals surface area contributed by atoms with Crippen LogP contribution >= 0.6 is 31.9 Å². The lowest BCUT2D eigenvalue weighted by molar-refractivity contribution is -0.142. The summed E-state index contributed by atoms with van der Waals surface area (Å²) in [5.74, 6) is -2.27. The largest absolute Gasteiger partial charge is 0.480 e. The van der Waals surface area contributed by atoms with Crippen molar-refractivity contribution in [1.82, 2.24) is 5.32 Å². The summed E-state index contributed by atoms with van der Waals surface area (Å²) in [5, 5.41) is 11.5. The van der Waals surface area contributed by atoms with Gasteiger partial charge in [0.1, 0.15) is 6.04 Å². The van der Waals surface area contributed by atoms with Crippen molar-refractivity contribution in [2.75, 3.05) is 7.11 Å². The third-order valence-electron chi connectivity index (χ3n) is 2.64. The number of carboxylic acids is 1. The number of esters is 1. The number of aliphatic carboxylic acids is 1. The fourth-order valence-corrected chi connectivity index (χ4v) is 2.76. The average Bonchev–Trinajstić information content (AvgIpc) is 2.42. The van der Waals surface area contributed by atoms with E-state index in [1.54, 1.807) is 18.2 Å². The number of benzene rings is 1. The molecule has 0 aliphatic heterocycles. The Morgan fingerprint density at radius 2 is 2.00 bits per heavy atom. The molecule has 0 unspecified atom stereocenters. The summed E-state index contributed by atoms with van der Waals surface area (Å²) in [4.78, 5) is 34.2. The summed E-state index contributed by atoms with van der Waals surface area (Å²) >= 11 is 6.50. The lowest BCUT2D eigenvalue weighted by atomic mass is 10.1. The Hall–Kier alpha value is -1.41. The molecule has 0 aliphatic rings. The molecule has 114 valence electrons. The number of halogens is 2. The van der Waals surface area contributed by atoms with Crippen molar-refractivity contribution in [3.63, 3.8) is 0 Å². The summed E-state index contributed by atoms with van der Waals surface area (Å²) in [7, 11) is 1.22. The fourth-order valence-electron chi connectivity index (χ4n) is 1.53. The zero-order chi connectivity index (χ0) is 16.0. The number of amides is 1. The molecule has 6 nitrogen and oxygen atoms in total. The van der Waals surface area contributed by atoms with Crippen LogP contribution in [-0.2, 0) is 14.3 Å². The Morgan fingerprint density at radius 3 is 2.52 bits per heavy atom. The molecule has 0 saturated heterocycles. The molecule has 0 spiro atoms. The summed E-state index contributed by atoms with van der Waals surface area (Å²) in [6.45, 7) is 0. The molecular formula is C13H13Br2NO5. The highest BCUT2D eigenvalue weighted by atomic mass is 79.9. The van der Waals surface area contributed by atoms with Gasteiger partial charge in [0.05, 0.1) is 12.7 Å². The van der Waals surface area contributed by atoms with Crippen LogP contribution in [0.4, 0.5) is 0 Å². The van der Waals surface area contributed by atoms with Crippen molar-refractivity contribution in [3.05, 3.63) is 32.7 Å². The van der Waals surface area contributed by atoms with Gasteiger partial charge < -0.3 is 15.2 Å². The van der Waals surface area contributed by atoms with Gasteiger partial charge in [0.2, 0.25) is 0 Å². The molecule has 0 aromatic heterocycles. The number of carbonyl (C=O) groups excluding carboxylic acids is 2. The molecule has 1 rings (SSSR count). The normalized spacial score (nSPS) is 11.6. The van der Waals surface area contributed by atoms with Gasteiger partial charge >= 0.3 is 11.9 Å². The van der Waals surface area contributed by atoms with E-state index in [1.807, 2.05) is 0 Å². The van der Waals surface area contributed by atoms with Crippen LogP contribution in [0.15, 0.2) is 27.1 Å². The standard InChI is InChI=1S/C13H13Br2NO5/c1-21-11(17)5-4-10(13(19)20)16-12(18)8-3-2-7(14)6-9(8)15/h2-3,6,10H,4-5H2,1H3,(H,16,18)(H,19,20)/t10-/m1/s1. The number of hydrogen-bond donors (Lipinski definition) is 2. The topological polar surface area (TPSA) is 92.7 Å². The van der Waals surface area contributed by atoms with E-state index in [0.29, 0.717) is 10.0 Å². The molecule has 1 amide bonds. The Morgan fingerprint density at radius 1 is 1.33 bits per heavy atom. The summed E-state index contributed by atoms with van der Waals surface area (Å²) in [5.41, 5.74) is 0.308. The van der Waals surface area contributed by atoms with Crippen molar-refractivity contribution < 1.29 is 24.2 Å². The smallest absolute Gasteiger partial charge is 0.326 e. The number of rotatable bonds is 6. The van der Waals surface area contributed by atoms with E-state index >= 15 is 0 Å². The minimum atomic E-state index is -1.21. The SMILES string of the molecule is COC(=O)CC[C@@H](NC(=O)c1ccc(Br)cc1Br)C(=O)O. The molecule has 0 heterocycles. The highest BCUT2D eigenvalue weighted by Gasteiger charge is 2.22. The second kappa shape index (κ2) is 8.14. The minimum absolute atomic E-state index is 0.0398. The highest BCUT2D eigenvalue weighted by Crippen LogP contribution is 2.22. The van der Waals surface area contributed by atoms with Gasteiger partial charge in [0.15, 0.2) is 0 Å². The third kappa shape index (κ3) is 5.47. The fraction of sp³-hybridized carbons (Fsp3) is 0.308. The molecule has 0 fully saturated rings. The van der Waals surface area contributed by atoms with Crippen LogP contribution in [0.25, 0.3) is 0 Å². The molecule has 0 radical (unpaired) electrons. The van der Waals surface area contributed by atoms with Crippen molar-refractivity contribution in [2.45, 2.75) is 18.9 Å². The molecule has 1 aromatic rings. The molecule has 1 atom stereocenters. The second-order valence-corrected chi connectivity index (χ2v) is 5.87. The lowest BCUT2D eigenvalue weighted by Gasteiger charge is -2.14. The Bertz CT molecular complexity index is 561. The number of hydrogen-bond acceptors (Lipinski definition) is 4. The molecule has 8 heteroatoms. The van der Waals surface area contributed by atoms with Gasteiger partial charge in [-0.25, -0.2) is 4.79 Å². The van der Waals surface area contributed by atoms with E-state index in [9.17, 15) is 14.4 Å². The van der Waals surface area contributed by atoms with E-state index in [0.717, 1.165) is 4.47 Å². The Balaban J connectivity index is 2.76. The van der Waals surface area contributed by atoms with Crippen LogP contribution in [0.1, 0.15) is 23.2 Å². The maximum Gasteiger partial charge on any atom is 0.326 e. The predicted octanol–water partition coefficient (Wildman–Crippen LogP) is 2.35. The zero-order valence-corrected chi connectivity index (χ0v) is 14.2. The molecule has 0 aliphatic carbocycles. The van der Waals surface area contributed by atoms with Crippen LogP contribution in [0.3, 0.4) is 0 Å². The first-order valence-electron chi connectivity index (χ1n) is 5.90. The van der Waals surface area contributed by atoms with Gasteiger partial charge in [-0.05, 0) is 40.5 Å². The van der Waals surface area contributed by atoms with Crippen LogP contribution in [0.5, 0.6) is 0 Å². The van der Waals surface area contributed by atoms with Crippen LogP contribution in [0, 0.1) is 0 Å². The molecular weight excluding hydrogens is 410 g/mol. The van der Waals surface area contributed by atoms with Gasteiger partial charge in [0, 0.05) is 15.4 Å². The van der Waals surface area contributed by atoms with E-state index in [2.05, 4.69) is 41.9 Å². The van der Waals surface area contributed by atoms with Gasteiger partial charge in [0.25, 0.3) is 5.91 Å². The van der Waals surface area contributed by atoms with Crippen molar-refractivity contribution in [1.29, 1.82) is 0 Å². The molecule has 0 saturated carbocycles. The average molecular weight is 423 g/mol. The van der Waals surface area contributed by atoms with Crippen LogP contribution < -0.4 is 5.32 Å². The van der Waals surface area contributed by atoms with Gasteiger partial charge in [-0.1, -0.05) is 15.9 Å². The third-order valence-corrected chi connectivity index (χ3v) is 3.79. The Kier molecular flexibility index (Phi) is 6.83. The van der Waals surface area contributed by atoms with Gasteiger partial charge in [-0.15, -0.1) is 0 Å². The maximum atomic E-state index is 12.1. The van der Waals surface area contributed by atoms with Crippen molar-refractivity contribution in [3.8, 4) is 0 Å². The quantitative estimate of drug-likeness (QED) is 0.686. The number of carbonyl (C=O) groups is 3. The molecule has 0 bridgehead atoms. The van der Waals surface area contributed by atoms with Crippen molar-refractivity contribution in [2.24, 2.45) is 0 Å². The first-order chi connectivity index (χ1) is 9.85. The molecule has 21 heavy (non-hydrogen) atoms. The van der Waals surface area contributed by atoms with E-state index < -0.39 is 23.9 Å². The molecule has 2 N–H and O–H groups in total. The van der Waals surface area contributed by atoms with E-state index in [-0.39, 0.29) is 12.8 Å². The van der Waals surface area contributed by atoms with Crippen molar-refractivity contribution >= 4 is 49.7 Å². The number of ether oxygens (including phenoxy) is 1. The second-order valence-electron chi connectivity index (χ2n) is 4.10. The van der Waals surface area contributed by atoms with Gasteiger partial charge in [-0.3, -0.25) is 9.59 Å². The van der Waals surface area contributed by atoms with Crippen LogP contribution in [-0.4, -0.2) is 36.1 Å². The highest BCUT2D eigenvalue weighted by molar-refractivity contribution is 9.11. The minimum Gasteiger partial charge on any atom is -0.480 e. The molecule has 1 aromatic carbocycles. The number of nitrogens with one attached hydrogen (secondary N) is 1. The van der Waals surface area contributed by atoms with E-state index in [1.165, 1.54) is 7.11 Å².